The number of hydrogen-bond acceptors (Lipinski definition) is 4. The summed E-state index contributed by atoms with van der Waals surface area (Å²) in [5.41, 5.74) is 0.746. The molecule has 236 valence electrons. The molecule has 1 aromatic rings. The van der Waals surface area contributed by atoms with Crippen LogP contribution in [0.5, 0.6) is 11.5 Å². The zero-order valence-corrected chi connectivity index (χ0v) is 27.2. The van der Waals surface area contributed by atoms with E-state index in [1.807, 2.05) is 31.3 Å². The number of esters is 1. The van der Waals surface area contributed by atoms with Crippen molar-refractivity contribution in [2.24, 2.45) is 28.2 Å². The van der Waals surface area contributed by atoms with E-state index in [0.717, 1.165) is 55.5 Å². The fraction of sp³-hybridized carbons (Fsp3) is 0.789. The lowest BCUT2D eigenvalue weighted by molar-refractivity contribution is -0.161. The van der Waals surface area contributed by atoms with Gasteiger partial charge in [-0.1, -0.05) is 103 Å². The van der Waals surface area contributed by atoms with Crippen molar-refractivity contribution in [1.82, 2.24) is 0 Å². The minimum atomic E-state index is -0.259. The average molecular weight is 580 g/mol. The minimum Gasteiger partial charge on any atom is -0.490 e. The molecule has 4 heteroatoms. The van der Waals surface area contributed by atoms with Crippen molar-refractivity contribution in [2.75, 3.05) is 13.2 Å². The lowest BCUT2D eigenvalue weighted by atomic mass is 9.49. The fourth-order valence-corrected chi connectivity index (χ4v) is 8.45. The van der Waals surface area contributed by atoms with Gasteiger partial charge in [-0.05, 0) is 93.4 Å². The van der Waals surface area contributed by atoms with Gasteiger partial charge >= 0.3 is 5.97 Å². The highest BCUT2D eigenvalue weighted by atomic mass is 16.6. The summed E-state index contributed by atoms with van der Waals surface area (Å²) < 4.78 is 12.0. The second-order valence-electron chi connectivity index (χ2n) is 14.1. The maximum Gasteiger partial charge on any atom is 0.317 e. The van der Waals surface area contributed by atoms with E-state index in [0.29, 0.717) is 18.1 Å². The molecule has 0 saturated heterocycles. The summed E-state index contributed by atoms with van der Waals surface area (Å²) in [7, 11) is 0. The van der Waals surface area contributed by atoms with Gasteiger partial charge in [0.25, 0.3) is 0 Å². The Balaban J connectivity index is 1.06. The first-order valence-electron chi connectivity index (χ1n) is 18.1. The van der Waals surface area contributed by atoms with Crippen molar-refractivity contribution in [2.45, 2.75) is 155 Å². The van der Waals surface area contributed by atoms with Gasteiger partial charge in [-0.2, -0.15) is 0 Å². The normalized spacial score (nSPS) is 24.5. The topological polar surface area (TPSA) is 47.9 Å². The first kappa shape index (κ1) is 33.1. The number of carbonyl (C=O) groups is 1. The Morgan fingerprint density at radius 1 is 0.738 bits per heavy atom. The molecule has 0 unspecified atom stereocenters. The summed E-state index contributed by atoms with van der Waals surface area (Å²) in [6.07, 6.45) is 31.1. The van der Waals surface area contributed by atoms with Crippen LogP contribution in [0, 0.1) is 23.2 Å². The second-order valence-corrected chi connectivity index (χ2v) is 14.1. The van der Waals surface area contributed by atoms with Gasteiger partial charge in [0.05, 0.1) is 12.0 Å². The third kappa shape index (κ3) is 10.4. The molecule has 0 aromatic heterocycles. The molecule has 0 spiro atoms. The molecular weight excluding hydrogens is 518 g/mol. The molecule has 4 bridgehead atoms. The van der Waals surface area contributed by atoms with Crippen LogP contribution in [0.25, 0.3) is 0 Å². The predicted octanol–water partition coefficient (Wildman–Crippen LogP) is 10.9. The second kappa shape index (κ2) is 18.1. The van der Waals surface area contributed by atoms with Gasteiger partial charge in [0, 0.05) is 12.8 Å². The molecule has 0 radical (unpaired) electrons. The summed E-state index contributed by atoms with van der Waals surface area (Å²) in [6, 6.07) is 5.88. The van der Waals surface area contributed by atoms with Crippen LogP contribution in [0.1, 0.15) is 161 Å². The van der Waals surface area contributed by atoms with Gasteiger partial charge in [-0.25, -0.2) is 0 Å². The van der Waals surface area contributed by atoms with E-state index in [1.165, 1.54) is 116 Å². The van der Waals surface area contributed by atoms with E-state index in [9.17, 15) is 4.79 Å². The van der Waals surface area contributed by atoms with Crippen molar-refractivity contribution >= 4 is 12.2 Å². The molecule has 1 aromatic carbocycles. The van der Waals surface area contributed by atoms with E-state index in [4.69, 9.17) is 9.47 Å². The number of unbranched alkanes of at least 4 members (excludes halogenated alkanes) is 15. The van der Waals surface area contributed by atoms with Crippen LogP contribution < -0.4 is 9.47 Å². The Morgan fingerprint density at radius 3 is 1.74 bits per heavy atom. The molecule has 4 nitrogen and oxygen atoms in total. The molecule has 0 aliphatic heterocycles. The highest BCUT2D eigenvalue weighted by molar-refractivity contribution is 5.83. The Kier molecular flexibility index (Phi) is 14.2. The van der Waals surface area contributed by atoms with Gasteiger partial charge in [0.2, 0.25) is 0 Å². The zero-order chi connectivity index (χ0) is 29.5. The lowest BCUT2D eigenvalue weighted by Crippen LogP contribution is -2.51. The number of hydrogen-bond donors (Lipinski definition) is 0. The summed E-state index contributed by atoms with van der Waals surface area (Å²) in [5, 5.41) is 0. The molecule has 4 saturated carbocycles. The van der Waals surface area contributed by atoms with Crippen molar-refractivity contribution in [3.63, 3.8) is 0 Å². The molecule has 0 atom stereocenters. The number of carbonyl (C=O) groups excluding carboxylic acids is 1. The molecule has 0 heterocycles. The molecule has 42 heavy (non-hydrogen) atoms. The smallest absolute Gasteiger partial charge is 0.317 e. The van der Waals surface area contributed by atoms with E-state index in [-0.39, 0.29) is 11.4 Å². The summed E-state index contributed by atoms with van der Waals surface area (Å²) in [4.78, 5) is 18.1. The third-order valence-electron chi connectivity index (χ3n) is 10.3. The van der Waals surface area contributed by atoms with Crippen molar-refractivity contribution in [3.8, 4) is 11.5 Å². The van der Waals surface area contributed by atoms with Crippen LogP contribution in [0.15, 0.2) is 23.2 Å². The number of nitrogens with zero attached hydrogens (tertiary/aromatic N) is 1. The fourth-order valence-electron chi connectivity index (χ4n) is 8.45. The maximum absolute atomic E-state index is 13.5. The average Bonchev–Trinajstić information content (AvgIpc) is 2.97. The Bertz CT molecular complexity index is 918. The first-order valence-corrected chi connectivity index (χ1v) is 18.1. The van der Waals surface area contributed by atoms with Gasteiger partial charge in [0.1, 0.15) is 0 Å². The molecule has 0 amide bonds. The molecule has 0 N–H and O–H groups in total. The highest BCUT2D eigenvalue weighted by Gasteiger charge is 2.55. The summed E-state index contributed by atoms with van der Waals surface area (Å²) in [6.45, 7) is 5.68. The standard InChI is InChI=1S/C38H61NO3/c1-3-5-6-7-8-9-10-11-12-13-14-15-16-17-18-19-22-39-30-31-20-21-35(36(26-31)41-4-2)42-37(40)38-27-32-23-33(28-38)25-34(24-32)29-38/h20-21,26,30,32-34H,3-19,22-25,27-29H2,1-2H3. The van der Waals surface area contributed by atoms with Crippen LogP contribution in [0.3, 0.4) is 0 Å². The summed E-state index contributed by atoms with van der Waals surface area (Å²) in [5.74, 6) is 3.37. The monoisotopic (exact) mass is 579 g/mol. The van der Waals surface area contributed by atoms with Crippen LogP contribution in [0.4, 0.5) is 0 Å². The Hall–Kier alpha value is -1.84. The number of ether oxygens (including phenoxy) is 2. The van der Waals surface area contributed by atoms with E-state index >= 15 is 0 Å². The molecule has 4 fully saturated rings. The highest BCUT2D eigenvalue weighted by Crippen LogP contribution is 2.60. The van der Waals surface area contributed by atoms with Gasteiger partial charge in [-0.15, -0.1) is 0 Å². The van der Waals surface area contributed by atoms with Crippen LogP contribution >= 0.6 is 0 Å². The quantitative estimate of drug-likeness (QED) is 0.0594. The van der Waals surface area contributed by atoms with Crippen LogP contribution in [-0.2, 0) is 4.79 Å². The van der Waals surface area contributed by atoms with Gasteiger partial charge in [-0.3, -0.25) is 9.79 Å². The Morgan fingerprint density at radius 2 is 1.24 bits per heavy atom. The first-order chi connectivity index (χ1) is 20.6. The van der Waals surface area contributed by atoms with Crippen molar-refractivity contribution in [1.29, 1.82) is 0 Å². The Labute approximate surface area is 257 Å². The summed E-state index contributed by atoms with van der Waals surface area (Å²) >= 11 is 0. The van der Waals surface area contributed by atoms with E-state index < -0.39 is 0 Å². The number of benzene rings is 1. The largest absolute Gasteiger partial charge is 0.490 e. The lowest BCUT2D eigenvalue weighted by Gasteiger charge is -2.55. The van der Waals surface area contributed by atoms with E-state index in [1.54, 1.807) is 0 Å². The molecular formula is C38H61NO3. The molecule has 4 aliphatic rings. The van der Waals surface area contributed by atoms with Crippen molar-refractivity contribution < 1.29 is 14.3 Å². The molecule has 5 rings (SSSR count). The zero-order valence-electron chi connectivity index (χ0n) is 27.2. The SMILES string of the molecule is CCCCCCCCCCCCCCCCCCN=Cc1ccc(OC(=O)C23CC4CC(CC(C4)C2)C3)c(OCC)c1. The van der Waals surface area contributed by atoms with Gasteiger partial charge in [0.15, 0.2) is 11.5 Å². The minimum absolute atomic E-state index is 0.0209. The van der Waals surface area contributed by atoms with Crippen LogP contribution in [0.2, 0.25) is 0 Å². The van der Waals surface area contributed by atoms with Crippen LogP contribution in [-0.4, -0.2) is 25.3 Å². The third-order valence-corrected chi connectivity index (χ3v) is 10.3. The van der Waals surface area contributed by atoms with Gasteiger partial charge < -0.3 is 9.47 Å². The maximum atomic E-state index is 13.5. The molecule has 4 aliphatic carbocycles. The predicted molar refractivity (Wildman–Crippen MR) is 176 cm³/mol. The number of rotatable bonds is 22. The number of aliphatic imine (C=N–C) groups is 1. The van der Waals surface area contributed by atoms with E-state index in [2.05, 4.69) is 11.9 Å². The van der Waals surface area contributed by atoms with Crippen molar-refractivity contribution in [3.05, 3.63) is 23.8 Å².